The van der Waals surface area contributed by atoms with E-state index in [1.807, 2.05) is 30.5 Å². The van der Waals surface area contributed by atoms with Crippen LogP contribution < -0.4 is 5.32 Å². The predicted molar refractivity (Wildman–Crippen MR) is 63.7 cm³/mol. The summed E-state index contributed by atoms with van der Waals surface area (Å²) in [5.41, 5.74) is 1.07. The first kappa shape index (κ1) is 11.1. The van der Waals surface area contributed by atoms with Crippen molar-refractivity contribution in [2.24, 2.45) is 0 Å². The Balaban J connectivity index is 2.30. The topological polar surface area (TPSA) is 12.0 Å². The maximum atomic E-state index is 5.77. The van der Waals surface area contributed by atoms with E-state index in [-0.39, 0.29) is 0 Å². The van der Waals surface area contributed by atoms with Gasteiger partial charge >= 0.3 is 0 Å². The van der Waals surface area contributed by atoms with Gasteiger partial charge in [-0.3, -0.25) is 0 Å². The molecule has 1 rings (SSSR count). The normalized spacial score (nSPS) is 10.7. The van der Waals surface area contributed by atoms with Gasteiger partial charge in [-0.05, 0) is 36.9 Å². The van der Waals surface area contributed by atoms with Gasteiger partial charge < -0.3 is 5.32 Å². The molecule has 0 atom stereocenters. The fourth-order valence-electron chi connectivity index (χ4n) is 1.11. The molecule has 0 heterocycles. The average molecular weight is 210 g/mol. The SMILES string of the molecule is CCCCC=CNc1ccc(Cl)cc1. The maximum Gasteiger partial charge on any atom is 0.0407 e. The Bertz CT molecular complexity index is 277. The Kier molecular flexibility index (Phi) is 5.16. The highest BCUT2D eigenvalue weighted by Crippen LogP contribution is 2.13. The Morgan fingerprint density at radius 2 is 2.00 bits per heavy atom. The molecule has 1 aromatic rings. The molecule has 0 bridgehead atoms. The largest absolute Gasteiger partial charge is 0.362 e. The summed E-state index contributed by atoms with van der Waals surface area (Å²) in [7, 11) is 0. The molecule has 1 N–H and O–H groups in total. The zero-order valence-electron chi connectivity index (χ0n) is 8.46. The summed E-state index contributed by atoms with van der Waals surface area (Å²) in [6, 6.07) is 7.69. The fourth-order valence-corrected chi connectivity index (χ4v) is 1.23. The Labute approximate surface area is 90.8 Å². The molecule has 1 aromatic carbocycles. The number of halogens is 1. The minimum atomic E-state index is 0.769. The number of hydrogen-bond acceptors (Lipinski definition) is 1. The number of nitrogens with one attached hydrogen (secondary N) is 1. The smallest absolute Gasteiger partial charge is 0.0407 e. The summed E-state index contributed by atoms with van der Waals surface area (Å²) < 4.78 is 0. The van der Waals surface area contributed by atoms with E-state index in [2.05, 4.69) is 18.3 Å². The van der Waals surface area contributed by atoms with Crippen molar-refractivity contribution in [2.45, 2.75) is 26.2 Å². The summed E-state index contributed by atoms with van der Waals surface area (Å²) in [4.78, 5) is 0. The lowest BCUT2D eigenvalue weighted by Crippen LogP contribution is -1.85. The van der Waals surface area contributed by atoms with Crippen molar-refractivity contribution in [1.82, 2.24) is 0 Å². The summed E-state index contributed by atoms with van der Waals surface area (Å²) in [6.45, 7) is 2.19. The summed E-state index contributed by atoms with van der Waals surface area (Å²) in [6.07, 6.45) is 7.76. The molecule has 0 saturated heterocycles. The number of hydrogen-bond donors (Lipinski definition) is 1. The van der Waals surface area contributed by atoms with Crippen LogP contribution in [0.2, 0.25) is 5.02 Å². The Morgan fingerprint density at radius 3 is 2.64 bits per heavy atom. The van der Waals surface area contributed by atoms with E-state index >= 15 is 0 Å². The molecule has 0 radical (unpaired) electrons. The van der Waals surface area contributed by atoms with E-state index in [1.54, 1.807) is 0 Å². The minimum absolute atomic E-state index is 0.769. The Morgan fingerprint density at radius 1 is 1.29 bits per heavy atom. The minimum Gasteiger partial charge on any atom is -0.362 e. The lowest BCUT2D eigenvalue weighted by molar-refractivity contribution is 0.814. The third-order valence-corrected chi connectivity index (χ3v) is 2.19. The second-order valence-corrected chi connectivity index (χ2v) is 3.63. The molecule has 0 saturated carbocycles. The van der Waals surface area contributed by atoms with Gasteiger partial charge in [-0.15, -0.1) is 0 Å². The van der Waals surface area contributed by atoms with Crippen LogP contribution in [0.3, 0.4) is 0 Å². The second kappa shape index (κ2) is 6.50. The van der Waals surface area contributed by atoms with Gasteiger partial charge in [0.25, 0.3) is 0 Å². The van der Waals surface area contributed by atoms with Crippen molar-refractivity contribution in [1.29, 1.82) is 0 Å². The molecule has 0 aliphatic carbocycles. The predicted octanol–water partition coefficient (Wildman–Crippen LogP) is 4.46. The number of unbranched alkanes of at least 4 members (excludes halogenated alkanes) is 2. The zero-order valence-corrected chi connectivity index (χ0v) is 9.22. The second-order valence-electron chi connectivity index (χ2n) is 3.20. The first-order valence-electron chi connectivity index (χ1n) is 5.00. The van der Waals surface area contributed by atoms with Crippen LogP contribution >= 0.6 is 11.6 Å². The summed E-state index contributed by atoms with van der Waals surface area (Å²) >= 11 is 5.77. The van der Waals surface area contributed by atoms with Crippen molar-refractivity contribution < 1.29 is 0 Å². The van der Waals surface area contributed by atoms with E-state index in [9.17, 15) is 0 Å². The van der Waals surface area contributed by atoms with Gasteiger partial charge in [-0.25, -0.2) is 0 Å². The number of allylic oxidation sites excluding steroid dienone is 1. The van der Waals surface area contributed by atoms with E-state index in [1.165, 1.54) is 12.8 Å². The summed E-state index contributed by atoms with van der Waals surface area (Å²) in [5.74, 6) is 0. The van der Waals surface area contributed by atoms with E-state index in [0.29, 0.717) is 0 Å². The third-order valence-electron chi connectivity index (χ3n) is 1.94. The van der Waals surface area contributed by atoms with E-state index in [4.69, 9.17) is 11.6 Å². The molecule has 0 aliphatic rings. The number of benzene rings is 1. The van der Waals surface area contributed by atoms with Gasteiger partial charge in [0, 0.05) is 10.7 Å². The van der Waals surface area contributed by atoms with Crippen LogP contribution in [0.1, 0.15) is 26.2 Å². The maximum absolute atomic E-state index is 5.77. The van der Waals surface area contributed by atoms with Gasteiger partial charge in [0.15, 0.2) is 0 Å². The highest BCUT2D eigenvalue weighted by molar-refractivity contribution is 6.30. The molecular formula is C12H16ClN. The molecule has 0 aromatic heterocycles. The van der Waals surface area contributed by atoms with Crippen LogP contribution in [0.15, 0.2) is 36.5 Å². The molecule has 14 heavy (non-hydrogen) atoms. The van der Waals surface area contributed by atoms with Crippen LogP contribution in [-0.2, 0) is 0 Å². The van der Waals surface area contributed by atoms with Gasteiger partial charge in [0.2, 0.25) is 0 Å². The van der Waals surface area contributed by atoms with E-state index in [0.717, 1.165) is 17.1 Å². The molecule has 0 spiro atoms. The highest BCUT2D eigenvalue weighted by atomic mass is 35.5. The molecule has 0 amide bonds. The standard InChI is InChI=1S/C12H16ClN/c1-2-3-4-5-10-14-12-8-6-11(13)7-9-12/h5-10,14H,2-4H2,1H3. The molecule has 0 aliphatic heterocycles. The van der Waals surface area contributed by atoms with Crippen LogP contribution in [0, 0.1) is 0 Å². The number of rotatable bonds is 5. The monoisotopic (exact) mass is 209 g/mol. The highest BCUT2D eigenvalue weighted by Gasteiger charge is 1.87. The first-order chi connectivity index (χ1) is 6.83. The lowest BCUT2D eigenvalue weighted by Gasteiger charge is -1.99. The van der Waals surface area contributed by atoms with Crippen LogP contribution in [-0.4, -0.2) is 0 Å². The zero-order chi connectivity index (χ0) is 10.2. The molecule has 76 valence electrons. The Hall–Kier alpha value is -0.950. The van der Waals surface area contributed by atoms with Crippen LogP contribution in [0.25, 0.3) is 0 Å². The number of anilines is 1. The van der Waals surface area contributed by atoms with Crippen LogP contribution in [0.4, 0.5) is 5.69 Å². The van der Waals surface area contributed by atoms with Crippen molar-refractivity contribution >= 4 is 17.3 Å². The van der Waals surface area contributed by atoms with Crippen molar-refractivity contribution in [2.75, 3.05) is 5.32 Å². The molecule has 0 fully saturated rings. The average Bonchev–Trinajstić information content (AvgIpc) is 2.21. The molecule has 2 heteroatoms. The molecule has 1 nitrogen and oxygen atoms in total. The lowest BCUT2D eigenvalue weighted by atomic mass is 10.2. The van der Waals surface area contributed by atoms with Crippen LogP contribution in [0.5, 0.6) is 0 Å². The molecule has 0 unspecified atom stereocenters. The quantitative estimate of drug-likeness (QED) is 0.707. The van der Waals surface area contributed by atoms with E-state index < -0.39 is 0 Å². The van der Waals surface area contributed by atoms with Crippen molar-refractivity contribution in [3.8, 4) is 0 Å². The van der Waals surface area contributed by atoms with Gasteiger partial charge in [-0.2, -0.15) is 0 Å². The van der Waals surface area contributed by atoms with Crippen molar-refractivity contribution in [3.63, 3.8) is 0 Å². The summed E-state index contributed by atoms with van der Waals surface area (Å²) in [5, 5.41) is 3.96. The first-order valence-corrected chi connectivity index (χ1v) is 5.38. The molecular weight excluding hydrogens is 194 g/mol. The van der Waals surface area contributed by atoms with Crippen molar-refractivity contribution in [3.05, 3.63) is 41.6 Å². The van der Waals surface area contributed by atoms with Gasteiger partial charge in [-0.1, -0.05) is 37.4 Å². The van der Waals surface area contributed by atoms with Gasteiger partial charge in [0.1, 0.15) is 0 Å². The third kappa shape index (κ3) is 4.33. The fraction of sp³-hybridized carbons (Fsp3) is 0.333. The van der Waals surface area contributed by atoms with Gasteiger partial charge in [0.05, 0.1) is 0 Å².